The van der Waals surface area contributed by atoms with Crippen molar-refractivity contribution >= 4 is 17.5 Å². The van der Waals surface area contributed by atoms with E-state index >= 15 is 13.2 Å². The summed E-state index contributed by atoms with van der Waals surface area (Å²) in [5, 5.41) is 3.08. The predicted molar refractivity (Wildman–Crippen MR) is 133 cm³/mol. The number of nitrogens with one attached hydrogen (secondary N) is 1. The summed E-state index contributed by atoms with van der Waals surface area (Å²) in [6.45, 7) is 7.30. The van der Waals surface area contributed by atoms with Crippen LogP contribution in [0.1, 0.15) is 38.7 Å². The van der Waals surface area contributed by atoms with Gasteiger partial charge in [-0.15, -0.1) is 0 Å². The molecule has 1 heterocycles. The lowest BCUT2D eigenvalue weighted by Crippen LogP contribution is -2.64. The third-order valence-electron chi connectivity index (χ3n) is 7.28. The van der Waals surface area contributed by atoms with E-state index in [1.54, 1.807) is 36.4 Å². The topological polar surface area (TPSA) is 35.6 Å². The second kappa shape index (κ2) is 10.9. The molecule has 1 saturated heterocycles. The van der Waals surface area contributed by atoms with Gasteiger partial charge in [0.05, 0.1) is 6.42 Å². The van der Waals surface area contributed by atoms with Crippen molar-refractivity contribution in [2.75, 3.05) is 26.2 Å². The highest BCUT2D eigenvalue weighted by Gasteiger charge is 2.49. The van der Waals surface area contributed by atoms with Gasteiger partial charge in [0.25, 0.3) is 5.92 Å². The molecule has 1 aliphatic carbocycles. The largest absolute Gasteiger partial charge is 0.345 e. The highest BCUT2D eigenvalue weighted by atomic mass is 35.5. The van der Waals surface area contributed by atoms with Crippen molar-refractivity contribution in [2.24, 2.45) is 0 Å². The molecule has 1 aliphatic heterocycles. The van der Waals surface area contributed by atoms with E-state index in [2.05, 4.69) is 29.0 Å². The van der Waals surface area contributed by atoms with Crippen LogP contribution >= 0.6 is 11.6 Å². The molecule has 1 saturated carbocycles. The number of piperazine rings is 1. The number of hydrogen-bond acceptors (Lipinski definition) is 3. The normalized spacial score (nSPS) is 23.4. The van der Waals surface area contributed by atoms with Crippen molar-refractivity contribution in [3.63, 3.8) is 0 Å². The van der Waals surface area contributed by atoms with Crippen molar-refractivity contribution in [3.05, 3.63) is 58.9 Å². The van der Waals surface area contributed by atoms with Gasteiger partial charge in [-0.2, -0.15) is 0 Å². The number of hydrogen-bond donors (Lipinski definition) is 1. The molecule has 0 unspecified atom stereocenters. The van der Waals surface area contributed by atoms with Gasteiger partial charge in [-0.3, -0.25) is 14.6 Å². The van der Waals surface area contributed by atoms with Gasteiger partial charge in [-0.05, 0) is 49.9 Å². The lowest BCUT2D eigenvalue weighted by atomic mass is 9.85. The molecule has 2 atom stereocenters. The van der Waals surface area contributed by atoms with Crippen LogP contribution in [0.15, 0.2) is 42.5 Å². The lowest BCUT2D eigenvalue weighted by Gasteiger charge is -2.47. The Morgan fingerprint density at radius 1 is 1.14 bits per heavy atom. The maximum Gasteiger partial charge on any atom is 0.269 e. The molecule has 190 valence electrons. The first kappa shape index (κ1) is 26.0. The molecule has 35 heavy (non-hydrogen) atoms. The Balaban J connectivity index is 1.48. The third kappa shape index (κ3) is 6.01. The monoisotopic (exact) mass is 507 g/mol. The van der Waals surface area contributed by atoms with Crippen LogP contribution in [0.4, 0.5) is 13.2 Å². The fourth-order valence-electron chi connectivity index (χ4n) is 5.32. The number of carbonyl (C=O) groups excluding carboxylic acids is 1. The third-order valence-corrected chi connectivity index (χ3v) is 7.51. The predicted octanol–water partition coefficient (Wildman–Crippen LogP) is 5.39. The summed E-state index contributed by atoms with van der Waals surface area (Å²) in [6.07, 6.45) is 0.477. The number of rotatable bonds is 6. The standard InChI is InChI=1S/C27H33ClF3N3O/c1-18(2)33-12-14-34(15-13-33)23-10-5-11-27(30,31)26(23)32-24(35)17-20-7-4-9-22(25(20)29)19-6-3-8-21(28)16-19/h3-4,6-9,16,18,23,26H,5,10-15,17H2,1-2H3,(H,32,35)/t23-,26+/m0/s1. The fraction of sp³-hybridized carbons (Fsp3) is 0.519. The average Bonchev–Trinajstić information content (AvgIpc) is 2.81. The zero-order chi connectivity index (χ0) is 25.2. The van der Waals surface area contributed by atoms with Gasteiger partial charge in [0.1, 0.15) is 11.9 Å². The summed E-state index contributed by atoms with van der Waals surface area (Å²) in [4.78, 5) is 17.4. The van der Waals surface area contributed by atoms with Crippen LogP contribution in [0.25, 0.3) is 11.1 Å². The van der Waals surface area contributed by atoms with Crippen LogP contribution in [0.2, 0.25) is 5.02 Å². The molecule has 1 N–H and O–H groups in total. The van der Waals surface area contributed by atoms with Gasteiger partial charge >= 0.3 is 0 Å². The molecule has 4 nitrogen and oxygen atoms in total. The molecule has 2 aliphatic rings. The van der Waals surface area contributed by atoms with Crippen molar-refractivity contribution in [1.82, 2.24) is 15.1 Å². The Labute approximate surface area is 210 Å². The van der Waals surface area contributed by atoms with Gasteiger partial charge in [0, 0.05) is 55.3 Å². The van der Waals surface area contributed by atoms with Crippen LogP contribution in [0, 0.1) is 5.82 Å². The Kier molecular flexibility index (Phi) is 8.09. The van der Waals surface area contributed by atoms with E-state index in [1.165, 1.54) is 6.07 Å². The highest BCUT2D eigenvalue weighted by Crippen LogP contribution is 2.36. The van der Waals surface area contributed by atoms with Gasteiger partial charge in [0.2, 0.25) is 5.91 Å². The van der Waals surface area contributed by atoms with E-state index in [0.29, 0.717) is 48.1 Å². The zero-order valence-electron chi connectivity index (χ0n) is 20.2. The summed E-state index contributed by atoms with van der Waals surface area (Å²) in [5.74, 6) is -4.14. The summed E-state index contributed by atoms with van der Waals surface area (Å²) >= 11 is 6.04. The van der Waals surface area contributed by atoms with Crippen molar-refractivity contribution in [2.45, 2.75) is 63.6 Å². The van der Waals surface area contributed by atoms with E-state index < -0.39 is 29.7 Å². The molecule has 2 aromatic rings. The Hall–Kier alpha value is -2.09. The number of alkyl halides is 2. The SMILES string of the molecule is CC(C)N1CCN([C@H]2CCCC(F)(F)[C@@H]2NC(=O)Cc2cccc(-c3cccc(Cl)c3)c2F)CC1. The molecular weight excluding hydrogens is 475 g/mol. The smallest absolute Gasteiger partial charge is 0.269 e. The summed E-state index contributed by atoms with van der Waals surface area (Å²) in [6, 6.07) is 10.3. The number of amides is 1. The molecule has 0 bridgehead atoms. The maximum atomic E-state index is 15.3. The van der Waals surface area contributed by atoms with E-state index in [-0.39, 0.29) is 18.4 Å². The van der Waals surface area contributed by atoms with Crippen LogP contribution in [-0.2, 0) is 11.2 Å². The second-order valence-corrected chi connectivity index (χ2v) is 10.3. The first-order valence-corrected chi connectivity index (χ1v) is 12.7. The molecule has 0 aromatic heterocycles. The minimum absolute atomic E-state index is 0.168. The van der Waals surface area contributed by atoms with E-state index in [0.717, 1.165) is 13.1 Å². The van der Waals surface area contributed by atoms with E-state index in [1.807, 2.05) is 0 Å². The van der Waals surface area contributed by atoms with E-state index in [9.17, 15) is 4.79 Å². The summed E-state index contributed by atoms with van der Waals surface area (Å²) in [7, 11) is 0. The zero-order valence-corrected chi connectivity index (χ0v) is 21.0. The highest BCUT2D eigenvalue weighted by molar-refractivity contribution is 6.30. The Morgan fingerprint density at radius 2 is 1.86 bits per heavy atom. The number of nitrogens with zero attached hydrogens (tertiary/aromatic N) is 2. The number of carbonyl (C=O) groups is 1. The fourth-order valence-corrected chi connectivity index (χ4v) is 5.51. The molecule has 0 spiro atoms. The first-order valence-electron chi connectivity index (χ1n) is 12.3. The van der Waals surface area contributed by atoms with Crippen LogP contribution in [0.5, 0.6) is 0 Å². The maximum absolute atomic E-state index is 15.3. The minimum Gasteiger partial charge on any atom is -0.345 e. The van der Waals surface area contributed by atoms with E-state index in [4.69, 9.17) is 11.6 Å². The summed E-state index contributed by atoms with van der Waals surface area (Å²) < 4.78 is 45.4. The minimum atomic E-state index is -3.01. The van der Waals surface area contributed by atoms with Crippen LogP contribution in [-0.4, -0.2) is 65.9 Å². The van der Waals surface area contributed by atoms with Gasteiger partial charge in [-0.1, -0.05) is 41.9 Å². The lowest BCUT2D eigenvalue weighted by molar-refractivity contribution is -0.133. The molecule has 2 aromatic carbocycles. The molecule has 4 rings (SSSR count). The van der Waals surface area contributed by atoms with Crippen LogP contribution in [0.3, 0.4) is 0 Å². The molecule has 0 radical (unpaired) electrons. The summed E-state index contributed by atoms with van der Waals surface area (Å²) in [5.41, 5.74) is 1.08. The quantitative estimate of drug-likeness (QED) is 0.569. The Morgan fingerprint density at radius 3 is 2.54 bits per heavy atom. The van der Waals surface area contributed by atoms with Gasteiger partial charge in [-0.25, -0.2) is 13.2 Å². The van der Waals surface area contributed by atoms with Gasteiger partial charge in [0.15, 0.2) is 0 Å². The molecular formula is C27H33ClF3N3O. The number of halogens is 4. The number of benzene rings is 2. The van der Waals surface area contributed by atoms with Crippen molar-refractivity contribution < 1.29 is 18.0 Å². The first-order chi connectivity index (χ1) is 16.7. The average molecular weight is 508 g/mol. The molecule has 8 heteroatoms. The van der Waals surface area contributed by atoms with Crippen molar-refractivity contribution in [1.29, 1.82) is 0 Å². The molecule has 1 amide bonds. The Bertz CT molecular complexity index is 1040. The second-order valence-electron chi connectivity index (χ2n) is 9.90. The van der Waals surface area contributed by atoms with Crippen molar-refractivity contribution in [3.8, 4) is 11.1 Å². The van der Waals surface area contributed by atoms with Crippen LogP contribution < -0.4 is 5.32 Å². The van der Waals surface area contributed by atoms with Gasteiger partial charge < -0.3 is 5.32 Å². The molecule has 2 fully saturated rings.